The molecular weight excluding hydrogens is 502 g/mol. The van der Waals surface area contributed by atoms with Gasteiger partial charge in [-0.3, -0.25) is 9.69 Å². The standard InChI is InChI=1S/C31H29N7O2/c1-18(34-24-15-40-16-24)21-6-7-22-14-38(31(39)26(22)10-21)29-12-23(11-28(35-29)20-4-5-20)25-8-3-19(13-32)9-27(25)30-36-33-17-37(30)2/h3,6-12,17-18,20,24,34H,4-5,14-16H2,1-2H3/t18-/m1/s1. The van der Waals surface area contributed by atoms with Crippen molar-refractivity contribution < 1.29 is 9.53 Å². The lowest BCUT2D eigenvalue weighted by atomic mass is 9.96. The molecule has 9 nitrogen and oxygen atoms in total. The summed E-state index contributed by atoms with van der Waals surface area (Å²) in [6, 6.07) is 18.6. The lowest BCUT2D eigenvalue weighted by molar-refractivity contribution is -0.00925. The number of fused-ring (bicyclic) bond motifs is 1. The second-order valence-corrected chi connectivity index (χ2v) is 11.0. The van der Waals surface area contributed by atoms with E-state index in [1.165, 1.54) is 0 Å². The summed E-state index contributed by atoms with van der Waals surface area (Å²) in [5.74, 6) is 1.68. The van der Waals surface area contributed by atoms with Gasteiger partial charge in [0, 0.05) is 35.8 Å². The van der Waals surface area contributed by atoms with E-state index in [0.29, 0.717) is 35.7 Å². The third-order valence-electron chi connectivity index (χ3n) is 8.08. The first kappa shape index (κ1) is 24.6. The molecule has 200 valence electrons. The number of ether oxygens (including phenoxy) is 1. The molecule has 2 aromatic heterocycles. The van der Waals surface area contributed by atoms with Gasteiger partial charge >= 0.3 is 0 Å². The third-order valence-corrected chi connectivity index (χ3v) is 8.08. The highest BCUT2D eigenvalue weighted by molar-refractivity contribution is 6.10. The summed E-state index contributed by atoms with van der Waals surface area (Å²) < 4.78 is 7.13. The summed E-state index contributed by atoms with van der Waals surface area (Å²) in [5.41, 5.74) is 7.05. The van der Waals surface area contributed by atoms with Crippen LogP contribution in [-0.4, -0.2) is 44.9 Å². The van der Waals surface area contributed by atoms with Gasteiger partial charge in [-0.1, -0.05) is 18.2 Å². The Morgan fingerprint density at radius 1 is 1.07 bits per heavy atom. The van der Waals surface area contributed by atoms with Crippen molar-refractivity contribution in [1.82, 2.24) is 25.1 Å². The summed E-state index contributed by atoms with van der Waals surface area (Å²) in [6.07, 6.45) is 3.83. The van der Waals surface area contributed by atoms with Gasteiger partial charge in [-0.05, 0) is 72.4 Å². The maximum absolute atomic E-state index is 13.8. The summed E-state index contributed by atoms with van der Waals surface area (Å²) >= 11 is 0. The fraction of sp³-hybridized carbons (Fsp3) is 0.323. The number of carbonyl (C=O) groups is 1. The molecule has 2 aliphatic heterocycles. The van der Waals surface area contributed by atoms with Crippen molar-refractivity contribution in [2.75, 3.05) is 18.1 Å². The van der Waals surface area contributed by atoms with Gasteiger partial charge in [0.2, 0.25) is 0 Å². The van der Waals surface area contributed by atoms with Crippen LogP contribution in [0.1, 0.15) is 64.5 Å². The lowest BCUT2D eigenvalue weighted by Gasteiger charge is -2.30. The number of hydrogen-bond donors (Lipinski definition) is 1. The van der Waals surface area contributed by atoms with Gasteiger partial charge in [0.15, 0.2) is 5.82 Å². The number of nitrogens with one attached hydrogen (secondary N) is 1. The molecule has 2 aromatic carbocycles. The van der Waals surface area contributed by atoms with Crippen LogP contribution in [0.3, 0.4) is 0 Å². The molecule has 40 heavy (non-hydrogen) atoms. The maximum Gasteiger partial charge on any atom is 0.260 e. The van der Waals surface area contributed by atoms with Crippen molar-refractivity contribution in [3.63, 3.8) is 0 Å². The highest BCUT2D eigenvalue weighted by Gasteiger charge is 2.33. The van der Waals surface area contributed by atoms with Crippen molar-refractivity contribution in [1.29, 1.82) is 5.26 Å². The number of nitrogens with zero attached hydrogens (tertiary/aromatic N) is 6. The maximum atomic E-state index is 13.8. The van der Waals surface area contributed by atoms with Crippen molar-refractivity contribution >= 4 is 11.7 Å². The SMILES string of the molecule is C[C@@H](NC1COC1)c1ccc2c(c1)C(=O)N(c1cc(-c3ccc(C#N)cc3-c3nncn3C)cc(C3CC3)n1)C2. The van der Waals surface area contributed by atoms with Crippen molar-refractivity contribution in [2.45, 2.75) is 44.3 Å². The Bertz CT molecular complexity index is 1680. The first-order chi connectivity index (χ1) is 19.5. The Balaban J connectivity index is 1.26. The van der Waals surface area contributed by atoms with Gasteiger partial charge < -0.3 is 14.6 Å². The highest BCUT2D eigenvalue weighted by atomic mass is 16.5. The average molecular weight is 532 g/mol. The molecule has 4 heterocycles. The zero-order valence-corrected chi connectivity index (χ0v) is 22.5. The summed E-state index contributed by atoms with van der Waals surface area (Å²) in [4.78, 5) is 20.5. The predicted molar refractivity (Wildman–Crippen MR) is 149 cm³/mol. The topological polar surface area (TPSA) is 109 Å². The molecule has 9 heteroatoms. The van der Waals surface area contributed by atoms with Crippen LogP contribution >= 0.6 is 0 Å². The van der Waals surface area contributed by atoms with Gasteiger partial charge in [-0.25, -0.2) is 4.98 Å². The number of carbonyl (C=O) groups excluding carboxylic acids is 1. The van der Waals surface area contributed by atoms with Crippen LogP contribution in [0.5, 0.6) is 0 Å². The molecule has 1 saturated heterocycles. The number of amides is 1. The van der Waals surface area contributed by atoms with E-state index >= 15 is 0 Å². The summed E-state index contributed by atoms with van der Waals surface area (Å²) in [5, 5.41) is 21.5. The molecule has 0 bridgehead atoms. The van der Waals surface area contributed by atoms with Crippen LogP contribution in [0.25, 0.3) is 22.5 Å². The van der Waals surface area contributed by atoms with Gasteiger partial charge in [-0.15, -0.1) is 10.2 Å². The normalized spacial score (nSPS) is 17.4. The minimum Gasteiger partial charge on any atom is -0.378 e. The van der Waals surface area contributed by atoms with Gasteiger partial charge in [-0.2, -0.15) is 5.26 Å². The van der Waals surface area contributed by atoms with Gasteiger partial charge in [0.05, 0.1) is 37.4 Å². The number of pyridine rings is 1. The quantitative estimate of drug-likeness (QED) is 0.374. The number of aryl methyl sites for hydroxylation is 1. The number of rotatable bonds is 7. The van der Waals surface area contributed by atoms with Gasteiger partial charge in [0.25, 0.3) is 5.91 Å². The fourth-order valence-corrected chi connectivity index (χ4v) is 5.55. The number of hydrogen-bond acceptors (Lipinski definition) is 7. The number of benzene rings is 2. The lowest BCUT2D eigenvalue weighted by Crippen LogP contribution is -2.46. The van der Waals surface area contributed by atoms with Crippen LogP contribution in [0.4, 0.5) is 5.82 Å². The summed E-state index contributed by atoms with van der Waals surface area (Å²) in [7, 11) is 1.89. The van der Waals surface area contributed by atoms with E-state index in [2.05, 4.69) is 46.7 Å². The average Bonchev–Trinajstić information content (AvgIpc) is 3.64. The molecule has 1 atom stereocenters. The smallest absolute Gasteiger partial charge is 0.260 e. The minimum absolute atomic E-state index is 0.0317. The van der Waals surface area contributed by atoms with Crippen molar-refractivity contribution in [3.8, 4) is 28.6 Å². The van der Waals surface area contributed by atoms with E-state index in [4.69, 9.17) is 9.72 Å². The van der Waals surface area contributed by atoms with Gasteiger partial charge in [0.1, 0.15) is 12.1 Å². The Morgan fingerprint density at radius 2 is 1.93 bits per heavy atom. The fourth-order valence-electron chi connectivity index (χ4n) is 5.55. The monoisotopic (exact) mass is 531 g/mol. The molecule has 1 amide bonds. The van der Waals surface area contributed by atoms with Crippen LogP contribution in [0, 0.1) is 11.3 Å². The van der Waals surface area contributed by atoms with Crippen molar-refractivity contribution in [2.24, 2.45) is 7.05 Å². The number of aromatic nitrogens is 4. The first-order valence-electron chi connectivity index (χ1n) is 13.7. The molecule has 1 aliphatic carbocycles. The summed E-state index contributed by atoms with van der Waals surface area (Å²) in [6.45, 7) is 4.06. The zero-order valence-electron chi connectivity index (χ0n) is 22.5. The molecule has 0 unspecified atom stereocenters. The Kier molecular flexibility index (Phi) is 5.95. The number of nitriles is 1. The molecule has 3 aliphatic rings. The second kappa shape index (κ2) is 9.66. The first-order valence-corrected chi connectivity index (χ1v) is 13.7. The molecular formula is C31H29N7O2. The molecule has 4 aromatic rings. The zero-order chi connectivity index (χ0) is 27.4. The van der Waals surface area contributed by atoms with Crippen LogP contribution in [0.2, 0.25) is 0 Å². The Morgan fingerprint density at radius 3 is 2.62 bits per heavy atom. The number of anilines is 1. The Hall–Kier alpha value is -4.39. The minimum atomic E-state index is -0.0317. The molecule has 0 radical (unpaired) electrons. The Labute approximate surface area is 232 Å². The largest absolute Gasteiger partial charge is 0.378 e. The van der Waals surface area contributed by atoms with E-state index in [1.54, 1.807) is 11.2 Å². The molecule has 7 rings (SSSR count). The van der Waals surface area contributed by atoms with Crippen molar-refractivity contribution in [3.05, 3.63) is 82.8 Å². The molecule has 2 fully saturated rings. The van der Waals surface area contributed by atoms with E-state index in [9.17, 15) is 10.1 Å². The highest BCUT2D eigenvalue weighted by Crippen LogP contribution is 2.43. The van der Waals surface area contributed by atoms with E-state index < -0.39 is 0 Å². The van der Waals surface area contributed by atoms with Crippen LogP contribution in [0.15, 0.2) is 54.9 Å². The van der Waals surface area contributed by atoms with Crippen LogP contribution in [-0.2, 0) is 18.3 Å². The third kappa shape index (κ3) is 4.35. The van der Waals surface area contributed by atoms with Crippen LogP contribution < -0.4 is 10.2 Å². The molecule has 0 spiro atoms. The predicted octanol–water partition coefficient (Wildman–Crippen LogP) is 4.50. The van der Waals surface area contributed by atoms with E-state index in [0.717, 1.165) is 65.1 Å². The van der Waals surface area contributed by atoms with E-state index in [-0.39, 0.29) is 11.9 Å². The van der Waals surface area contributed by atoms with E-state index in [1.807, 2.05) is 41.9 Å². The second-order valence-electron chi connectivity index (χ2n) is 11.0. The molecule has 1 saturated carbocycles. The molecule has 1 N–H and O–H groups in total.